The van der Waals surface area contributed by atoms with Gasteiger partial charge >= 0.3 is 6.03 Å². The van der Waals surface area contributed by atoms with E-state index < -0.39 is 11.6 Å². The predicted octanol–water partition coefficient (Wildman–Crippen LogP) is 2.89. The van der Waals surface area contributed by atoms with Gasteiger partial charge in [0.05, 0.1) is 5.69 Å². The molecule has 1 aromatic carbocycles. The summed E-state index contributed by atoms with van der Waals surface area (Å²) in [4.78, 5) is 42.5. The number of amides is 4. The number of aryl methyl sites for hydroxylation is 1. The fraction of sp³-hybridized carbons (Fsp3) is 0.429. The highest BCUT2D eigenvalue weighted by Crippen LogP contribution is 2.25. The molecule has 29 heavy (non-hydrogen) atoms. The van der Waals surface area contributed by atoms with Crippen LogP contribution in [0.5, 0.6) is 0 Å². The Morgan fingerprint density at radius 2 is 1.90 bits per heavy atom. The second-order valence-electron chi connectivity index (χ2n) is 7.22. The Labute approximate surface area is 174 Å². The van der Waals surface area contributed by atoms with Gasteiger partial charge in [0, 0.05) is 23.9 Å². The molecule has 4 amide bonds. The first-order chi connectivity index (χ1) is 13.9. The molecule has 1 saturated heterocycles. The number of thiazole rings is 1. The second kappa shape index (κ2) is 8.73. The van der Waals surface area contributed by atoms with Crippen LogP contribution >= 0.6 is 11.3 Å². The topological polar surface area (TPSA) is 91.4 Å². The van der Waals surface area contributed by atoms with E-state index in [1.807, 2.05) is 38.3 Å². The number of benzene rings is 1. The van der Waals surface area contributed by atoms with E-state index in [0.717, 1.165) is 21.2 Å². The molecule has 0 spiro atoms. The van der Waals surface area contributed by atoms with E-state index in [-0.39, 0.29) is 18.4 Å². The first-order valence-corrected chi connectivity index (χ1v) is 10.7. The number of hydrogen-bond donors (Lipinski definition) is 2. The molecule has 1 aliphatic heterocycles. The smallest absolute Gasteiger partial charge is 0.325 e. The van der Waals surface area contributed by atoms with Gasteiger partial charge in [-0.2, -0.15) is 0 Å². The largest absolute Gasteiger partial charge is 0.354 e. The summed E-state index contributed by atoms with van der Waals surface area (Å²) in [5, 5.41) is 8.42. The van der Waals surface area contributed by atoms with Crippen LogP contribution in [0.25, 0.3) is 10.6 Å². The fourth-order valence-corrected chi connectivity index (χ4v) is 4.19. The summed E-state index contributed by atoms with van der Waals surface area (Å²) in [6, 6.07) is 7.70. The summed E-state index contributed by atoms with van der Waals surface area (Å²) in [5.74, 6) is -0.685. The molecule has 1 aromatic heterocycles. The highest BCUT2D eigenvalue weighted by atomic mass is 32.1. The number of nitrogens with one attached hydrogen (secondary N) is 2. The highest BCUT2D eigenvalue weighted by molar-refractivity contribution is 7.13. The van der Waals surface area contributed by atoms with Gasteiger partial charge in [-0.15, -0.1) is 11.3 Å². The molecule has 1 aliphatic rings. The third kappa shape index (κ3) is 4.48. The molecule has 0 saturated carbocycles. The van der Waals surface area contributed by atoms with Crippen molar-refractivity contribution in [2.45, 2.75) is 45.6 Å². The average Bonchev–Trinajstić information content (AvgIpc) is 3.27. The van der Waals surface area contributed by atoms with Gasteiger partial charge in [-0.1, -0.05) is 43.7 Å². The van der Waals surface area contributed by atoms with E-state index in [1.54, 1.807) is 11.3 Å². The van der Waals surface area contributed by atoms with Crippen molar-refractivity contribution in [3.8, 4) is 10.6 Å². The zero-order valence-electron chi connectivity index (χ0n) is 16.9. The Kier molecular flexibility index (Phi) is 6.32. The minimum Gasteiger partial charge on any atom is -0.354 e. The van der Waals surface area contributed by atoms with Crippen LogP contribution in [-0.4, -0.2) is 46.4 Å². The van der Waals surface area contributed by atoms with Crippen LogP contribution in [0.15, 0.2) is 29.6 Å². The number of urea groups is 1. The van der Waals surface area contributed by atoms with Gasteiger partial charge in [0.1, 0.15) is 17.1 Å². The molecule has 7 nitrogen and oxygen atoms in total. The molecule has 0 unspecified atom stereocenters. The molecule has 154 valence electrons. The van der Waals surface area contributed by atoms with Gasteiger partial charge in [0.25, 0.3) is 5.91 Å². The van der Waals surface area contributed by atoms with Crippen LogP contribution in [-0.2, 0) is 16.0 Å². The predicted molar refractivity (Wildman–Crippen MR) is 113 cm³/mol. The third-order valence-electron chi connectivity index (χ3n) is 5.31. The highest BCUT2D eigenvalue weighted by Gasteiger charge is 2.49. The maximum absolute atomic E-state index is 12.5. The molecule has 0 radical (unpaired) electrons. The average molecular weight is 415 g/mol. The quantitative estimate of drug-likeness (QED) is 0.650. The summed E-state index contributed by atoms with van der Waals surface area (Å²) in [7, 11) is 0. The normalized spacial score (nSPS) is 15.5. The fourth-order valence-electron chi connectivity index (χ4n) is 3.33. The SMILES string of the molecule is CCC1(CC)NC(=O)N(CC(=O)NCCc2csc(-c3ccc(C)cc3)n2)C1=O. The Bertz CT molecular complexity index is 903. The number of imide groups is 1. The van der Waals surface area contributed by atoms with E-state index in [4.69, 9.17) is 0 Å². The molecule has 3 rings (SSSR count). The first kappa shape index (κ1) is 21.0. The lowest BCUT2D eigenvalue weighted by molar-refractivity contribution is -0.135. The Morgan fingerprint density at radius 1 is 1.21 bits per heavy atom. The van der Waals surface area contributed by atoms with Crippen LogP contribution in [0.2, 0.25) is 0 Å². The summed E-state index contributed by atoms with van der Waals surface area (Å²) in [5.41, 5.74) is 2.29. The van der Waals surface area contributed by atoms with Crippen molar-refractivity contribution in [3.05, 3.63) is 40.9 Å². The zero-order valence-corrected chi connectivity index (χ0v) is 17.8. The van der Waals surface area contributed by atoms with Gasteiger partial charge in [-0.05, 0) is 19.8 Å². The summed E-state index contributed by atoms with van der Waals surface area (Å²) in [6.07, 6.45) is 1.58. The molecule has 0 bridgehead atoms. The molecule has 2 heterocycles. The van der Waals surface area contributed by atoms with E-state index >= 15 is 0 Å². The van der Waals surface area contributed by atoms with Gasteiger partial charge in [0.2, 0.25) is 5.91 Å². The van der Waals surface area contributed by atoms with Crippen LogP contribution < -0.4 is 10.6 Å². The summed E-state index contributed by atoms with van der Waals surface area (Å²) >= 11 is 1.57. The van der Waals surface area contributed by atoms with E-state index in [1.165, 1.54) is 5.56 Å². The van der Waals surface area contributed by atoms with E-state index in [9.17, 15) is 14.4 Å². The van der Waals surface area contributed by atoms with Crippen LogP contribution in [0.1, 0.15) is 37.9 Å². The maximum Gasteiger partial charge on any atom is 0.325 e. The van der Waals surface area contributed by atoms with Crippen molar-refractivity contribution < 1.29 is 14.4 Å². The minimum absolute atomic E-state index is 0.266. The van der Waals surface area contributed by atoms with Crippen molar-refractivity contribution in [1.82, 2.24) is 20.5 Å². The number of hydrogen-bond acceptors (Lipinski definition) is 5. The standard InChI is InChI=1S/C21H26N4O3S/c1-4-21(5-2)19(27)25(20(28)24-21)12-17(26)22-11-10-16-13-29-18(23-16)15-8-6-14(3)7-9-15/h6-9,13H,4-5,10-12H2,1-3H3,(H,22,26)(H,24,28). The first-order valence-electron chi connectivity index (χ1n) is 9.80. The maximum atomic E-state index is 12.5. The lowest BCUT2D eigenvalue weighted by Gasteiger charge is -2.22. The number of aromatic nitrogens is 1. The molecular weight excluding hydrogens is 388 g/mol. The molecule has 0 aliphatic carbocycles. The molecule has 8 heteroatoms. The van der Waals surface area contributed by atoms with Crippen molar-refractivity contribution in [3.63, 3.8) is 0 Å². The van der Waals surface area contributed by atoms with Crippen LogP contribution in [0.3, 0.4) is 0 Å². The van der Waals surface area contributed by atoms with Crippen molar-refractivity contribution >= 4 is 29.2 Å². The van der Waals surface area contributed by atoms with Gasteiger partial charge in [-0.25, -0.2) is 9.78 Å². The zero-order chi connectivity index (χ0) is 21.0. The second-order valence-corrected chi connectivity index (χ2v) is 8.08. The van der Waals surface area contributed by atoms with Gasteiger partial charge in [-0.3, -0.25) is 14.5 Å². The van der Waals surface area contributed by atoms with Crippen molar-refractivity contribution in [2.24, 2.45) is 0 Å². The third-order valence-corrected chi connectivity index (χ3v) is 6.25. The molecule has 2 aromatic rings. The molecule has 2 N–H and O–H groups in total. The molecule has 1 fully saturated rings. The van der Waals surface area contributed by atoms with Crippen molar-refractivity contribution in [2.75, 3.05) is 13.1 Å². The Hall–Kier alpha value is -2.74. The monoisotopic (exact) mass is 414 g/mol. The number of carbonyl (C=O) groups excluding carboxylic acids is 3. The number of rotatable bonds is 8. The van der Waals surface area contributed by atoms with Crippen LogP contribution in [0.4, 0.5) is 4.79 Å². The Morgan fingerprint density at radius 3 is 2.52 bits per heavy atom. The minimum atomic E-state index is -0.885. The van der Waals surface area contributed by atoms with Crippen molar-refractivity contribution in [1.29, 1.82) is 0 Å². The summed E-state index contributed by atoms with van der Waals surface area (Å²) in [6.45, 7) is 5.88. The van der Waals surface area contributed by atoms with Crippen LogP contribution in [0, 0.1) is 6.92 Å². The number of carbonyl (C=O) groups is 3. The lowest BCUT2D eigenvalue weighted by atomic mass is 9.93. The summed E-state index contributed by atoms with van der Waals surface area (Å²) < 4.78 is 0. The lowest BCUT2D eigenvalue weighted by Crippen LogP contribution is -2.46. The van der Waals surface area contributed by atoms with Gasteiger partial charge in [0.15, 0.2) is 0 Å². The van der Waals surface area contributed by atoms with E-state index in [2.05, 4.69) is 27.8 Å². The van der Waals surface area contributed by atoms with E-state index in [0.29, 0.717) is 25.8 Å². The molecular formula is C21H26N4O3S. The molecule has 0 atom stereocenters. The number of nitrogens with zero attached hydrogens (tertiary/aromatic N) is 2. The Balaban J connectivity index is 1.50. The van der Waals surface area contributed by atoms with Gasteiger partial charge < -0.3 is 10.6 Å².